The standard InChI is InChI=1S/C13H21NO2/c1-14-8-3-2-7-12(13(14)16)10-5-4-6-11(15)9-10/h10,12H,2-9H2,1H3. The molecule has 1 aliphatic carbocycles. The van der Waals surface area contributed by atoms with E-state index >= 15 is 0 Å². The van der Waals surface area contributed by atoms with Gasteiger partial charge in [0.25, 0.3) is 0 Å². The Morgan fingerprint density at radius 1 is 1.12 bits per heavy atom. The van der Waals surface area contributed by atoms with Gasteiger partial charge < -0.3 is 4.90 Å². The Hall–Kier alpha value is -0.860. The maximum Gasteiger partial charge on any atom is 0.225 e. The Bertz CT molecular complexity index is 288. The largest absolute Gasteiger partial charge is 0.346 e. The molecule has 0 aromatic carbocycles. The molecule has 1 heterocycles. The smallest absolute Gasteiger partial charge is 0.225 e. The normalized spacial score (nSPS) is 32.7. The van der Waals surface area contributed by atoms with Crippen molar-refractivity contribution < 1.29 is 9.59 Å². The molecular formula is C13H21NO2. The summed E-state index contributed by atoms with van der Waals surface area (Å²) in [5, 5.41) is 0. The van der Waals surface area contributed by atoms with Crippen LogP contribution in [0.3, 0.4) is 0 Å². The van der Waals surface area contributed by atoms with Gasteiger partial charge in [0.05, 0.1) is 0 Å². The highest BCUT2D eigenvalue weighted by molar-refractivity contribution is 5.82. The van der Waals surface area contributed by atoms with Crippen LogP contribution in [0.5, 0.6) is 0 Å². The molecule has 0 aromatic heterocycles. The Labute approximate surface area is 97.2 Å². The second-order valence-electron chi connectivity index (χ2n) is 5.26. The first-order valence-electron chi connectivity index (χ1n) is 6.45. The Kier molecular flexibility index (Phi) is 3.62. The molecule has 1 amide bonds. The molecule has 0 bridgehead atoms. The molecule has 2 unspecified atom stereocenters. The number of ketones is 1. The monoisotopic (exact) mass is 223 g/mol. The molecule has 1 saturated heterocycles. The van der Waals surface area contributed by atoms with E-state index in [1.807, 2.05) is 11.9 Å². The maximum atomic E-state index is 12.2. The number of rotatable bonds is 1. The van der Waals surface area contributed by atoms with Gasteiger partial charge in [-0.25, -0.2) is 0 Å². The minimum Gasteiger partial charge on any atom is -0.346 e. The van der Waals surface area contributed by atoms with Gasteiger partial charge in [-0.1, -0.05) is 6.42 Å². The van der Waals surface area contributed by atoms with Crippen molar-refractivity contribution in [3.63, 3.8) is 0 Å². The predicted octanol–water partition coefficient (Wildman–Crippen LogP) is 2.00. The fraction of sp³-hybridized carbons (Fsp3) is 0.846. The number of hydrogen-bond donors (Lipinski definition) is 0. The zero-order valence-corrected chi connectivity index (χ0v) is 10.1. The van der Waals surface area contributed by atoms with Crippen molar-refractivity contribution in [2.45, 2.75) is 44.9 Å². The highest BCUT2D eigenvalue weighted by Crippen LogP contribution is 2.33. The Morgan fingerprint density at radius 3 is 2.69 bits per heavy atom. The van der Waals surface area contributed by atoms with Gasteiger partial charge in [0.1, 0.15) is 5.78 Å². The van der Waals surface area contributed by atoms with Crippen LogP contribution in [0.25, 0.3) is 0 Å². The molecule has 1 saturated carbocycles. The van der Waals surface area contributed by atoms with Crippen LogP contribution in [0.15, 0.2) is 0 Å². The molecule has 0 N–H and O–H groups in total. The summed E-state index contributed by atoms with van der Waals surface area (Å²) in [7, 11) is 1.89. The highest BCUT2D eigenvalue weighted by atomic mass is 16.2. The van der Waals surface area contributed by atoms with Crippen LogP contribution < -0.4 is 0 Å². The minimum atomic E-state index is 0.122. The van der Waals surface area contributed by atoms with E-state index in [9.17, 15) is 9.59 Å². The predicted molar refractivity (Wildman–Crippen MR) is 61.9 cm³/mol. The molecule has 2 rings (SSSR count). The van der Waals surface area contributed by atoms with Gasteiger partial charge in [0.15, 0.2) is 0 Å². The van der Waals surface area contributed by atoms with Crippen LogP contribution in [-0.2, 0) is 9.59 Å². The molecule has 3 heteroatoms. The first kappa shape index (κ1) is 11.6. The van der Waals surface area contributed by atoms with E-state index in [-0.39, 0.29) is 11.8 Å². The second kappa shape index (κ2) is 4.98. The molecule has 16 heavy (non-hydrogen) atoms. The lowest BCUT2D eigenvalue weighted by Crippen LogP contribution is -2.36. The summed E-state index contributed by atoms with van der Waals surface area (Å²) >= 11 is 0. The van der Waals surface area contributed by atoms with E-state index in [0.717, 1.165) is 45.1 Å². The lowest BCUT2D eigenvalue weighted by Gasteiger charge is -2.29. The van der Waals surface area contributed by atoms with Gasteiger partial charge in [-0.2, -0.15) is 0 Å². The fourth-order valence-electron chi connectivity index (χ4n) is 3.07. The van der Waals surface area contributed by atoms with E-state index in [1.165, 1.54) is 0 Å². The quantitative estimate of drug-likeness (QED) is 0.682. The molecule has 2 fully saturated rings. The molecule has 3 nitrogen and oxygen atoms in total. The average Bonchev–Trinajstić information content (AvgIpc) is 2.42. The third-order valence-corrected chi connectivity index (χ3v) is 4.04. The number of hydrogen-bond acceptors (Lipinski definition) is 2. The van der Waals surface area contributed by atoms with Gasteiger partial charge in [0.2, 0.25) is 5.91 Å². The molecule has 0 radical (unpaired) electrons. The third-order valence-electron chi connectivity index (χ3n) is 4.04. The van der Waals surface area contributed by atoms with Crippen LogP contribution >= 0.6 is 0 Å². The summed E-state index contributed by atoms with van der Waals surface area (Å²) in [5.74, 6) is 1.08. The summed E-state index contributed by atoms with van der Waals surface area (Å²) < 4.78 is 0. The number of carbonyl (C=O) groups excluding carboxylic acids is 2. The van der Waals surface area contributed by atoms with Crippen molar-refractivity contribution in [2.24, 2.45) is 11.8 Å². The van der Waals surface area contributed by atoms with E-state index in [0.29, 0.717) is 18.1 Å². The Morgan fingerprint density at radius 2 is 1.94 bits per heavy atom. The third kappa shape index (κ3) is 2.45. The summed E-state index contributed by atoms with van der Waals surface area (Å²) in [4.78, 5) is 25.5. The van der Waals surface area contributed by atoms with Gasteiger partial charge in [0, 0.05) is 32.4 Å². The average molecular weight is 223 g/mol. The highest BCUT2D eigenvalue weighted by Gasteiger charge is 2.34. The van der Waals surface area contributed by atoms with Gasteiger partial charge in [-0.15, -0.1) is 0 Å². The summed E-state index contributed by atoms with van der Waals surface area (Å²) in [6.07, 6.45) is 6.65. The molecular weight excluding hydrogens is 202 g/mol. The van der Waals surface area contributed by atoms with Crippen molar-refractivity contribution in [3.8, 4) is 0 Å². The number of carbonyl (C=O) groups is 2. The molecule has 0 aromatic rings. The molecule has 2 aliphatic rings. The second-order valence-corrected chi connectivity index (χ2v) is 5.26. The van der Waals surface area contributed by atoms with E-state index < -0.39 is 0 Å². The molecule has 0 spiro atoms. The summed E-state index contributed by atoms with van der Waals surface area (Å²) in [6.45, 7) is 0.885. The fourth-order valence-corrected chi connectivity index (χ4v) is 3.07. The minimum absolute atomic E-state index is 0.122. The van der Waals surface area contributed by atoms with Crippen LogP contribution in [0.2, 0.25) is 0 Å². The zero-order valence-electron chi connectivity index (χ0n) is 10.1. The van der Waals surface area contributed by atoms with Gasteiger partial charge in [-0.05, 0) is 31.6 Å². The summed E-state index contributed by atoms with van der Waals surface area (Å²) in [6, 6.07) is 0. The van der Waals surface area contributed by atoms with Crippen LogP contribution in [-0.4, -0.2) is 30.2 Å². The van der Waals surface area contributed by atoms with E-state index in [4.69, 9.17) is 0 Å². The van der Waals surface area contributed by atoms with Crippen molar-refractivity contribution >= 4 is 11.7 Å². The number of nitrogens with zero attached hydrogens (tertiary/aromatic N) is 1. The zero-order chi connectivity index (χ0) is 11.5. The van der Waals surface area contributed by atoms with E-state index in [1.54, 1.807) is 0 Å². The number of amides is 1. The van der Waals surface area contributed by atoms with Crippen molar-refractivity contribution in [1.82, 2.24) is 4.90 Å². The molecule has 90 valence electrons. The van der Waals surface area contributed by atoms with Gasteiger partial charge in [-0.3, -0.25) is 9.59 Å². The first-order valence-corrected chi connectivity index (χ1v) is 6.45. The number of Topliss-reactive ketones (excluding diaryl/α,β-unsaturated/α-hetero) is 1. The summed E-state index contributed by atoms with van der Waals surface area (Å²) in [5.41, 5.74) is 0. The van der Waals surface area contributed by atoms with Crippen molar-refractivity contribution in [2.75, 3.05) is 13.6 Å². The lowest BCUT2D eigenvalue weighted by atomic mass is 9.77. The van der Waals surface area contributed by atoms with E-state index in [2.05, 4.69) is 0 Å². The molecule has 1 aliphatic heterocycles. The van der Waals surface area contributed by atoms with Crippen molar-refractivity contribution in [1.29, 1.82) is 0 Å². The SMILES string of the molecule is CN1CCCCC(C2CCCC(=O)C2)C1=O. The van der Waals surface area contributed by atoms with Gasteiger partial charge >= 0.3 is 0 Å². The van der Waals surface area contributed by atoms with Crippen LogP contribution in [0, 0.1) is 11.8 Å². The van der Waals surface area contributed by atoms with Crippen molar-refractivity contribution in [3.05, 3.63) is 0 Å². The van der Waals surface area contributed by atoms with Crippen LogP contribution in [0.1, 0.15) is 44.9 Å². The molecule has 2 atom stereocenters. The van der Waals surface area contributed by atoms with Crippen LogP contribution in [0.4, 0.5) is 0 Å². The first-order chi connectivity index (χ1) is 7.68. The topological polar surface area (TPSA) is 37.4 Å². The Balaban J connectivity index is 2.05. The number of likely N-dealkylation sites (tertiary alicyclic amines) is 1. The maximum absolute atomic E-state index is 12.2. The lowest BCUT2D eigenvalue weighted by molar-refractivity contribution is -0.136.